The smallest absolute Gasteiger partial charge is 0.144 e. The topological polar surface area (TPSA) is 79.9 Å². The zero-order valence-corrected chi connectivity index (χ0v) is 12.0. The Kier molecular flexibility index (Phi) is 9.69. The Balaban J connectivity index is 3.40. The van der Waals surface area contributed by atoms with Crippen molar-refractivity contribution in [3.8, 4) is 0 Å². The predicted octanol–water partition coefficient (Wildman–Crippen LogP) is 1.95. The normalized spacial score (nSPS) is 12.9. The molecule has 0 rings (SSSR count). The average molecular weight is 259 g/mol. The van der Waals surface area contributed by atoms with Gasteiger partial charge in [-0.25, -0.2) is 0 Å². The van der Waals surface area contributed by atoms with Crippen LogP contribution in [0, 0.1) is 5.41 Å². The molecule has 0 unspecified atom stereocenters. The molecular weight excluding hydrogens is 230 g/mol. The number of amidine groups is 1. The van der Waals surface area contributed by atoms with E-state index in [-0.39, 0.29) is 11.3 Å². The second-order valence-electron chi connectivity index (χ2n) is 5.19. The molecule has 0 aromatic carbocycles. The predicted molar refractivity (Wildman–Crippen MR) is 75.0 cm³/mol. The number of unbranched alkanes of at least 4 members (excludes halogenated alkanes) is 1. The molecule has 18 heavy (non-hydrogen) atoms. The molecule has 0 saturated heterocycles. The van der Waals surface area contributed by atoms with Gasteiger partial charge in [0.05, 0.1) is 0 Å². The minimum Gasteiger partial charge on any atom is -0.409 e. The van der Waals surface area contributed by atoms with E-state index in [2.05, 4.69) is 17.4 Å². The summed E-state index contributed by atoms with van der Waals surface area (Å²) in [6, 6.07) is 0. The van der Waals surface area contributed by atoms with E-state index >= 15 is 0 Å². The van der Waals surface area contributed by atoms with E-state index in [1.165, 1.54) is 6.42 Å². The Hall–Kier alpha value is -0.810. The van der Waals surface area contributed by atoms with Crippen LogP contribution < -0.4 is 11.1 Å². The van der Waals surface area contributed by atoms with E-state index in [4.69, 9.17) is 15.7 Å². The van der Waals surface area contributed by atoms with Gasteiger partial charge in [-0.2, -0.15) is 0 Å². The Labute approximate surface area is 111 Å². The standard InChI is InChI=1S/C13H29N3O2/c1-4-5-10-18-11-6-8-15-9-7-13(2,3)12(14)16-17/h15,17H,4-11H2,1-3H3,(H2,14,16). The molecule has 5 nitrogen and oxygen atoms in total. The molecular formula is C13H29N3O2. The fourth-order valence-corrected chi connectivity index (χ4v) is 1.44. The molecule has 0 fully saturated rings. The maximum absolute atomic E-state index is 8.64. The summed E-state index contributed by atoms with van der Waals surface area (Å²) < 4.78 is 5.46. The van der Waals surface area contributed by atoms with E-state index in [9.17, 15) is 0 Å². The lowest BCUT2D eigenvalue weighted by Gasteiger charge is -2.22. The van der Waals surface area contributed by atoms with Gasteiger partial charge in [0.2, 0.25) is 0 Å². The Morgan fingerprint density at radius 3 is 2.56 bits per heavy atom. The highest BCUT2D eigenvalue weighted by molar-refractivity contribution is 5.85. The molecule has 0 aliphatic heterocycles. The molecule has 0 amide bonds. The van der Waals surface area contributed by atoms with Gasteiger partial charge in [-0.1, -0.05) is 32.3 Å². The zero-order valence-electron chi connectivity index (χ0n) is 12.0. The number of nitrogens with one attached hydrogen (secondary N) is 1. The van der Waals surface area contributed by atoms with E-state index in [1.54, 1.807) is 0 Å². The molecule has 5 heteroatoms. The van der Waals surface area contributed by atoms with Gasteiger partial charge < -0.3 is 21.0 Å². The largest absolute Gasteiger partial charge is 0.409 e. The van der Waals surface area contributed by atoms with Gasteiger partial charge in [-0.3, -0.25) is 0 Å². The van der Waals surface area contributed by atoms with Crippen LogP contribution in [0.15, 0.2) is 5.16 Å². The van der Waals surface area contributed by atoms with Gasteiger partial charge in [-0.05, 0) is 32.4 Å². The third-order valence-corrected chi connectivity index (χ3v) is 3.01. The van der Waals surface area contributed by atoms with E-state index in [0.29, 0.717) is 0 Å². The maximum Gasteiger partial charge on any atom is 0.144 e. The summed E-state index contributed by atoms with van der Waals surface area (Å²) in [6.45, 7) is 9.59. The molecule has 108 valence electrons. The van der Waals surface area contributed by atoms with Gasteiger partial charge in [0.25, 0.3) is 0 Å². The van der Waals surface area contributed by atoms with Crippen molar-refractivity contribution in [3.05, 3.63) is 0 Å². The van der Waals surface area contributed by atoms with Crippen molar-refractivity contribution >= 4 is 5.84 Å². The lowest BCUT2D eigenvalue weighted by molar-refractivity contribution is 0.128. The second-order valence-corrected chi connectivity index (χ2v) is 5.19. The zero-order chi connectivity index (χ0) is 13.9. The summed E-state index contributed by atoms with van der Waals surface area (Å²) in [4.78, 5) is 0. The van der Waals surface area contributed by atoms with Crippen molar-refractivity contribution in [1.29, 1.82) is 0 Å². The van der Waals surface area contributed by atoms with Crippen molar-refractivity contribution < 1.29 is 9.94 Å². The molecule has 0 heterocycles. The fraction of sp³-hybridized carbons (Fsp3) is 0.923. The monoisotopic (exact) mass is 259 g/mol. The average Bonchev–Trinajstić information content (AvgIpc) is 2.35. The Morgan fingerprint density at radius 1 is 1.28 bits per heavy atom. The van der Waals surface area contributed by atoms with Crippen LogP contribution >= 0.6 is 0 Å². The van der Waals surface area contributed by atoms with Crippen LogP contribution in [0.3, 0.4) is 0 Å². The highest BCUT2D eigenvalue weighted by Gasteiger charge is 2.22. The number of nitrogens with two attached hydrogens (primary N) is 1. The maximum atomic E-state index is 8.64. The van der Waals surface area contributed by atoms with Crippen LogP contribution in [-0.2, 0) is 4.74 Å². The molecule has 0 spiro atoms. The molecule has 0 atom stereocenters. The Morgan fingerprint density at radius 2 is 1.94 bits per heavy atom. The first-order valence-corrected chi connectivity index (χ1v) is 6.81. The van der Waals surface area contributed by atoms with Crippen molar-refractivity contribution in [2.75, 3.05) is 26.3 Å². The van der Waals surface area contributed by atoms with Gasteiger partial charge in [0.15, 0.2) is 0 Å². The summed E-state index contributed by atoms with van der Waals surface area (Å²) in [6.07, 6.45) is 4.19. The number of hydrogen-bond acceptors (Lipinski definition) is 4. The molecule has 0 saturated carbocycles. The number of rotatable bonds is 11. The van der Waals surface area contributed by atoms with Gasteiger partial charge in [0.1, 0.15) is 5.84 Å². The van der Waals surface area contributed by atoms with Crippen molar-refractivity contribution in [1.82, 2.24) is 5.32 Å². The number of hydrogen-bond donors (Lipinski definition) is 3. The second kappa shape index (κ2) is 10.1. The third kappa shape index (κ3) is 8.31. The summed E-state index contributed by atoms with van der Waals surface area (Å²) in [7, 11) is 0. The van der Waals surface area contributed by atoms with Gasteiger partial charge in [-0.15, -0.1) is 0 Å². The number of nitrogens with zero attached hydrogens (tertiary/aromatic N) is 1. The lowest BCUT2D eigenvalue weighted by atomic mass is 9.88. The molecule has 0 aliphatic rings. The Bertz CT molecular complexity index is 230. The van der Waals surface area contributed by atoms with Crippen LogP contribution in [-0.4, -0.2) is 37.3 Å². The van der Waals surface area contributed by atoms with Gasteiger partial charge in [0, 0.05) is 18.6 Å². The van der Waals surface area contributed by atoms with E-state index in [0.717, 1.165) is 45.6 Å². The molecule has 4 N–H and O–H groups in total. The van der Waals surface area contributed by atoms with Crippen molar-refractivity contribution in [2.24, 2.45) is 16.3 Å². The van der Waals surface area contributed by atoms with Crippen molar-refractivity contribution in [2.45, 2.75) is 46.5 Å². The minimum absolute atomic E-state index is 0.265. The van der Waals surface area contributed by atoms with Crippen LogP contribution in [0.2, 0.25) is 0 Å². The highest BCUT2D eigenvalue weighted by Crippen LogP contribution is 2.19. The SMILES string of the molecule is CCCCOCCCNCCC(C)(C)C(N)=NO. The lowest BCUT2D eigenvalue weighted by Crippen LogP contribution is -2.35. The number of oxime groups is 1. The molecule has 0 aromatic heterocycles. The quantitative estimate of drug-likeness (QED) is 0.174. The molecule has 0 radical (unpaired) electrons. The van der Waals surface area contributed by atoms with E-state index in [1.807, 2.05) is 13.8 Å². The van der Waals surface area contributed by atoms with Crippen LogP contribution in [0.5, 0.6) is 0 Å². The first kappa shape index (κ1) is 17.2. The first-order valence-electron chi connectivity index (χ1n) is 6.81. The minimum atomic E-state index is -0.265. The van der Waals surface area contributed by atoms with Crippen LogP contribution in [0.4, 0.5) is 0 Å². The van der Waals surface area contributed by atoms with E-state index < -0.39 is 0 Å². The summed E-state index contributed by atoms with van der Waals surface area (Å²) in [5, 5.41) is 15.0. The first-order chi connectivity index (χ1) is 8.54. The van der Waals surface area contributed by atoms with Gasteiger partial charge >= 0.3 is 0 Å². The summed E-state index contributed by atoms with van der Waals surface area (Å²) in [5.41, 5.74) is 5.35. The third-order valence-electron chi connectivity index (χ3n) is 3.01. The molecule has 0 aliphatic carbocycles. The highest BCUT2D eigenvalue weighted by atomic mass is 16.5. The van der Waals surface area contributed by atoms with Crippen molar-refractivity contribution in [3.63, 3.8) is 0 Å². The molecule has 0 bridgehead atoms. The fourth-order valence-electron chi connectivity index (χ4n) is 1.44. The number of ether oxygens (including phenoxy) is 1. The summed E-state index contributed by atoms with van der Waals surface area (Å²) >= 11 is 0. The summed E-state index contributed by atoms with van der Waals surface area (Å²) in [5.74, 6) is 0.284. The van der Waals surface area contributed by atoms with Crippen LogP contribution in [0.25, 0.3) is 0 Å². The molecule has 0 aromatic rings. The van der Waals surface area contributed by atoms with Crippen LogP contribution in [0.1, 0.15) is 46.5 Å².